The van der Waals surface area contributed by atoms with Crippen LogP contribution in [-0.2, 0) is 24.3 Å². The molecule has 1 aliphatic carbocycles. The molecule has 19 heavy (non-hydrogen) atoms. The number of aromatic nitrogens is 2. The Morgan fingerprint density at radius 2 is 2.21 bits per heavy atom. The van der Waals surface area contributed by atoms with Crippen molar-refractivity contribution in [1.82, 2.24) is 20.4 Å². The van der Waals surface area contributed by atoms with Crippen LogP contribution in [0.1, 0.15) is 38.1 Å². The van der Waals surface area contributed by atoms with Gasteiger partial charge in [-0.3, -0.25) is 9.48 Å². The van der Waals surface area contributed by atoms with Crippen LogP contribution in [0.5, 0.6) is 0 Å². The van der Waals surface area contributed by atoms with Gasteiger partial charge in [-0.2, -0.15) is 5.10 Å². The van der Waals surface area contributed by atoms with E-state index >= 15 is 0 Å². The Kier molecular flexibility index (Phi) is 4.99. The second-order valence-corrected chi connectivity index (χ2v) is 5.62. The summed E-state index contributed by atoms with van der Waals surface area (Å²) in [5, 5.41) is 10.7. The first kappa shape index (κ1) is 14.5. The van der Waals surface area contributed by atoms with E-state index in [0.717, 1.165) is 41.7 Å². The highest BCUT2D eigenvalue weighted by Gasteiger charge is 2.23. The zero-order valence-electron chi connectivity index (χ0n) is 11.5. The molecular formula is C13H21BrN4O. The molecule has 0 bridgehead atoms. The smallest absolute Gasteiger partial charge is 0.234 e. The number of aryl methyl sites for hydroxylation is 2. The Labute approximate surface area is 122 Å². The second kappa shape index (κ2) is 6.52. The van der Waals surface area contributed by atoms with Gasteiger partial charge in [-0.25, -0.2) is 0 Å². The van der Waals surface area contributed by atoms with Gasteiger partial charge in [0.25, 0.3) is 0 Å². The fourth-order valence-electron chi connectivity index (χ4n) is 1.99. The molecule has 0 atom stereocenters. The van der Waals surface area contributed by atoms with E-state index in [9.17, 15) is 4.79 Å². The monoisotopic (exact) mass is 328 g/mol. The van der Waals surface area contributed by atoms with Crippen LogP contribution in [0.4, 0.5) is 0 Å². The number of carbonyl (C=O) groups is 1. The Hall–Kier alpha value is -0.880. The molecule has 0 unspecified atom stereocenters. The Balaban J connectivity index is 1.87. The van der Waals surface area contributed by atoms with Crippen LogP contribution < -0.4 is 10.6 Å². The van der Waals surface area contributed by atoms with E-state index in [1.165, 1.54) is 0 Å². The molecule has 1 amide bonds. The lowest BCUT2D eigenvalue weighted by Crippen LogP contribution is -2.35. The summed E-state index contributed by atoms with van der Waals surface area (Å²) < 4.78 is 3.04. The molecule has 1 aromatic heterocycles. The Morgan fingerprint density at radius 1 is 1.47 bits per heavy atom. The van der Waals surface area contributed by atoms with Crippen molar-refractivity contribution >= 4 is 21.8 Å². The van der Waals surface area contributed by atoms with Crippen molar-refractivity contribution in [2.45, 2.75) is 52.2 Å². The fraction of sp³-hybridized carbons (Fsp3) is 0.692. The lowest BCUT2D eigenvalue weighted by Gasteiger charge is -2.08. The fourth-order valence-corrected chi connectivity index (χ4v) is 2.69. The van der Waals surface area contributed by atoms with Gasteiger partial charge in [0.2, 0.25) is 5.91 Å². The van der Waals surface area contributed by atoms with E-state index in [2.05, 4.69) is 45.5 Å². The number of hydrogen-bond acceptors (Lipinski definition) is 3. The van der Waals surface area contributed by atoms with Crippen molar-refractivity contribution in [1.29, 1.82) is 0 Å². The summed E-state index contributed by atoms with van der Waals surface area (Å²) >= 11 is 3.60. The third kappa shape index (κ3) is 3.79. The minimum Gasteiger partial charge on any atom is -0.352 e. The lowest BCUT2D eigenvalue weighted by atomic mass is 10.3. The van der Waals surface area contributed by atoms with Gasteiger partial charge >= 0.3 is 0 Å². The predicted octanol–water partition coefficient (Wildman–Crippen LogP) is 1.60. The third-order valence-corrected chi connectivity index (χ3v) is 4.13. The van der Waals surface area contributed by atoms with Crippen LogP contribution in [-0.4, -0.2) is 28.3 Å². The number of nitrogens with zero attached hydrogens (tertiary/aromatic N) is 2. The first-order valence-corrected chi connectivity index (χ1v) is 7.69. The summed E-state index contributed by atoms with van der Waals surface area (Å²) in [4.78, 5) is 11.6. The highest BCUT2D eigenvalue weighted by atomic mass is 79.9. The van der Waals surface area contributed by atoms with Crippen LogP contribution in [0.2, 0.25) is 0 Å². The maximum atomic E-state index is 11.6. The average Bonchev–Trinajstić information content (AvgIpc) is 3.15. The molecule has 5 nitrogen and oxygen atoms in total. The van der Waals surface area contributed by atoms with Gasteiger partial charge in [0.05, 0.1) is 22.4 Å². The van der Waals surface area contributed by atoms with Crippen molar-refractivity contribution < 1.29 is 4.79 Å². The molecule has 0 radical (unpaired) electrons. The van der Waals surface area contributed by atoms with Crippen LogP contribution in [0.3, 0.4) is 0 Å². The summed E-state index contributed by atoms with van der Waals surface area (Å²) in [5.41, 5.74) is 2.18. The summed E-state index contributed by atoms with van der Waals surface area (Å²) in [5.74, 6) is 0.0805. The third-order valence-electron chi connectivity index (χ3n) is 3.21. The molecule has 1 aliphatic rings. The number of rotatable bonds is 7. The number of amides is 1. The van der Waals surface area contributed by atoms with Gasteiger partial charge in [0.1, 0.15) is 0 Å². The molecule has 1 saturated carbocycles. The largest absolute Gasteiger partial charge is 0.352 e. The highest BCUT2D eigenvalue weighted by molar-refractivity contribution is 9.10. The van der Waals surface area contributed by atoms with Crippen molar-refractivity contribution in [2.75, 3.05) is 6.54 Å². The molecule has 1 heterocycles. The van der Waals surface area contributed by atoms with Gasteiger partial charge in [-0.1, -0.05) is 6.92 Å². The number of hydrogen-bond donors (Lipinski definition) is 2. The molecular weight excluding hydrogens is 308 g/mol. The molecule has 2 rings (SSSR count). The Bertz CT molecular complexity index is 454. The maximum Gasteiger partial charge on any atom is 0.234 e. The summed E-state index contributed by atoms with van der Waals surface area (Å²) in [7, 11) is 0. The maximum absolute atomic E-state index is 11.6. The summed E-state index contributed by atoms with van der Waals surface area (Å²) in [6, 6.07) is 0.425. The van der Waals surface area contributed by atoms with E-state index in [4.69, 9.17) is 0 Å². The zero-order chi connectivity index (χ0) is 13.8. The van der Waals surface area contributed by atoms with Gasteiger partial charge in [0, 0.05) is 19.1 Å². The van der Waals surface area contributed by atoms with E-state index in [1.54, 1.807) is 0 Å². The van der Waals surface area contributed by atoms with Gasteiger partial charge in [0.15, 0.2) is 0 Å². The van der Waals surface area contributed by atoms with Gasteiger partial charge < -0.3 is 10.6 Å². The summed E-state index contributed by atoms with van der Waals surface area (Å²) in [6.07, 6.45) is 3.16. The number of halogens is 1. The summed E-state index contributed by atoms with van der Waals surface area (Å²) in [6.45, 7) is 6.01. The molecule has 0 aliphatic heterocycles. The molecule has 2 N–H and O–H groups in total. The van der Waals surface area contributed by atoms with Gasteiger partial charge in [-0.05, 0) is 42.1 Å². The standard InChI is InChI=1S/C13H21BrN4O/c1-3-10-13(14)11(18(4-2)17-10)7-15-8-12(19)16-9-5-6-9/h9,15H,3-8H2,1-2H3,(H,16,19). The minimum absolute atomic E-state index is 0.0805. The van der Waals surface area contributed by atoms with Gasteiger partial charge in [-0.15, -0.1) is 0 Å². The van der Waals surface area contributed by atoms with Crippen LogP contribution in [0.25, 0.3) is 0 Å². The van der Waals surface area contributed by atoms with E-state index < -0.39 is 0 Å². The molecule has 0 spiro atoms. The zero-order valence-corrected chi connectivity index (χ0v) is 13.1. The van der Waals surface area contributed by atoms with Crippen LogP contribution >= 0.6 is 15.9 Å². The molecule has 6 heteroatoms. The number of carbonyl (C=O) groups excluding carboxylic acids is 1. The second-order valence-electron chi connectivity index (χ2n) is 4.82. The highest BCUT2D eigenvalue weighted by Crippen LogP contribution is 2.22. The minimum atomic E-state index is 0.0805. The molecule has 1 aromatic rings. The number of nitrogens with one attached hydrogen (secondary N) is 2. The van der Waals surface area contributed by atoms with E-state index in [-0.39, 0.29) is 5.91 Å². The van der Waals surface area contributed by atoms with Crippen molar-refractivity contribution in [2.24, 2.45) is 0 Å². The van der Waals surface area contributed by atoms with Crippen LogP contribution in [0, 0.1) is 0 Å². The molecule has 1 fully saturated rings. The SMILES string of the molecule is CCc1nn(CC)c(CNCC(=O)NC2CC2)c1Br. The molecule has 106 valence electrons. The first-order chi connectivity index (χ1) is 9.15. The lowest BCUT2D eigenvalue weighted by molar-refractivity contribution is -0.120. The topological polar surface area (TPSA) is 59.0 Å². The predicted molar refractivity (Wildman–Crippen MR) is 77.9 cm³/mol. The normalized spacial score (nSPS) is 14.7. The van der Waals surface area contributed by atoms with E-state index in [1.807, 2.05) is 4.68 Å². The van der Waals surface area contributed by atoms with Crippen molar-refractivity contribution in [3.8, 4) is 0 Å². The van der Waals surface area contributed by atoms with Crippen molar-refractivity contribution in [3.05, 3.63) is 15.9 Å². The molecule has 0 saturated heterocycles. The average molecular weight is 329 g/mol. The quantitative estimate of drug-likeness (QED) is 0.799. The first-order valence-electron chi connectivity index (χ1n) is 6.89. The van der Waals surface area contributed by atoms with E-state index in [0.29, 0.717) is 19.1 Å². The van der Waals surface area contributed by atoms with Crippen molar-refractivity contribution in [3.63, 3.8) is 0 Å². The Morgan fingerprint density at radius 3 is 2.79 bits per heavy atom. The molecule has 0 aromatic carbocycles. The van der Waals surface area contributed by atoms with Crippen LogP contribution in [0.15, 0.2) is 4.47 Å².